The number of ether oxygens (including phenoxy) is 2. The van der Waals surface area contributed by atoms with E-state index in [-0.39, 0.29) is 16.5 Å². The van der Waals surface area contributed by atoms with Gasteiger partial charge in [-0.15, -0.1) is 11.8 Å². The Morgan fingerprint density at radius 2 is 1.77 bits per heavy atom. The Hall–Kier alpha value is -3.73. The van der Waals surface area contributed by atoms with Gasteiger partial charge in [-0.05, 0) is 54.6 Å². The van der Waals surface area contributed by atoms with Crippen LogP contribution in [0.1, 0.15) is 5.56 Å². The molecule has 11 heteroatoms. The van der Waals surface area contributed by atoms with Crippen LogP contribution >= 0.6 is 23.4 Å². The molecule has 6 nitrogen and oxygen atoms in total. The van der Waals surface area contributed by atoms with Gasteiger partial charge in [0.2, 0.25) is 0 Å². The van der Waals surface area contributed by atoms with E-state index in [1.807, 2.05) is 35.0 Å². The van der Waals surface area contributed by atoms with Gasteiger partial charge in [-0.25, -0.2) is 9.97 Å². The van der Waals surface area contributed by atoms with Crippen molar-refractivity contribution in [2.24, 2.45) is 0 Å². The molecular formula is C29H24ClF3N4O2S. The number of fused-ring (bicyclic) bond motifs is 1. The molecule has 3 aromatic carbocycles. The van der Waals surface area contributed by atoms with Crippen molar-refractivity contribution in [1.82, 2.24) is 14.5 Å². The molecule has 0 amide bonds. The molecule has 0 aliphatic heterocycles. The molecule has 2 heterocycles. The molecule has 0 radical (unpaired) electrons. The van der Waals surface area contributed by atoms with Gasteiger partial charge in [0.05, 0.1) is 29.3 Å². The Kier molecular flexibility index (Phi) is 8.78. The zero-order valence-electron chi connectivity index (χ0n) is 21.1. The first-order valence-electron chi connectivity index (χ1n) is 12.3. The average Bonchev–Trinajstić information content (AvgIpc) is 3.36. The number of nitrogens with one attached hydrogen (secondary N) is 1. The maximum absolute atomic E-state index is 13.0. The third-order valence-electron chi connectivity index (χ3n) is 5.85. The fourth-order valence-electron chi connectivity index (χ4n) is 3.97. The lowest BCUT2D eigenvalue weighted by molar-refractivity contribution is -0.137. The second-order valence-corrected chi connectivity index (χ2v) is 10.2. The summed E-state index contributed by atoms with van der Waals surface area (Å²) < 4.78 is 52.6. The Bertz CT molecular complexity index is 1580. The SMILES string of the molecule is FC(F)(F)c1cccc(Oc2ccc(Nc3ncnc4ccn(CCOCCSc5ccccc5)c34)cc2Cl)c1. The lowest BCUT2D eigenvalue weighted by atomic mass is 10.2. The van der Waals surface area contributed by atoms with Crippen LogP contribution in [0.2, 0.25) is 5.02 Å². The second kappa shape index (κ2) is 12.6. The third kappa shape index (κ3) is 7.07. The first-order valence-corrected chi connectivity index (χ1v) is 13.7. The van der Waals surface area contributed by atoms with Crippen molar-refractivity contribution in [1.29, 1.82) is 0 Å². The Morgan fingerprint density at radius 3 is 2.58 bits per heavy atom. The standard InChI is InChI=1S/C29H24ClF3N4O2S/c30-24-18-21(9-10-26(24)39-22-6-4-5-20(17-22)29(31,32)33)36-28-27-25(34-19-35-28)11-12-37(27)13-14-38-15-16-40-23-7-2-1-3-8-23/h1-12,17-19H,13-16H2,(H,34,35,36). The lowest BCUT2D eigenvalue weighted by Crippen LogP contribution is -2.08. The summed E-state index contributed by atoms with van der Waals surface area (Å²) in [5.41, 5.74) is 1.41. The van der Waals surface area contributed by atoms with Gasteiger partial charge in [-0.2, -0.15) is 13.2 Å². The van der Waals surface area contributed by atoms with Crippen LogP contribution in [0.15, 0.2) is 96.3 Å². The number of hydrogen-bond acceptors (Lipinski definition) is 6. The van der Waals surface area contributed by atoms with E-state index < -0.39 is 11.7 Å². The molecule has 5 rings (SSSR count). The van der Waals surface area contributed by atoms with Gasteiger partial charge in [-0.1, -0.05) is 35.9 Å². The number of aromatic nitrogens is 3. The van der Waals surface area contributed by atoms with Crippen LogP contribution in [-0.2, 0) is 17.5 Å². The van der Waals surface area contributed by atoms with Crippen molar-refractivity contribution in [2.75, 3.05) is 24.3 Å². The number of hydrogen-bond donors (Lipinski definition) is 1. The van der Waals surface area contributed by atoms with E-state index in [1.165, 1.54) is 23.4 Å². The molecule has 0 aliphatic carbocycles. The highest BCUT2D eigenvalue weighted by molar-refractivity contribution is 7.99. The zero-order valence-corrected chi connectivity index (χ0v) is 22.6. The number of benzene rings is 3. The molecule has 0 atom stereocenters. The van der Waals surface area contributed by atoms with Gasteiger partial charge in [0.1, 0.15) is 23.3 Å². The molecule has 5 aromatic rings. The molecule has 40 heavy (non-hydrogen) atoms. The molecular weight excluding hydrogens is 561 g/mol. The van der Waals surface area contributed by atoms with Crippen molar-refractivity contribution in [3.63, 3.8) is 0 Å². The molecule has 0 saturated heterocycles. The van der Waals surface area contributed by atoms with Gasteiger partial charge >= 0.3 is 6.18 Å². The normalized spacial score (nSPS) is 11.6. The Labute approximate surface area is 238 Å². The summed E-state index contributed by atoms with van der Waals surface area (Å²) in [6.07, 6.45) is -1.06. The maximum atomic E-state index is 13.0. The third-order valence-corrected chi connectivity index (χ3v) is 7.12. The van der Waals surface area contributed by atoms with E-state index in [9.17, 15) is 13.2 Å². The van der Waals surface area contributed by atoms with E-state index in [0.29, 0.717) is 31.3 Å². The highest BCUT2D eigenvalue weighted by Crippen LogP contribution is 2.36. The monoisotopic (exact) mass is 584 g/mol. The summed E-state index contributed by atoms with van der Waals surface area (Å²) >= 11 is 8.16. The van der Waals surface area contributed by atoms with Gasteiger partial charge in [0.15, 0.2) is 5.82 Å². The van der Waals surface area contributed by atoms with Gasteiger partial charge < -0.3 is 19.4 Å². The first kappa shape index (κ1) is 27.8. The fraction of sp³-hybridized carbons (Fsp3) is 0.172. The molecule has 0 fully saturated rings. The predicted octanol–water partition coefficient (Wildman–Crippen LogP) is 8.45. The number of halogens is 4. The van der Waals surface area contributed by atoms with E-state index in [1.54, 1.807) is 30.0 Å². The molecule has 1 N–H and O–H groups in total. The highest BCUT2D eigenvalue weighted by atomic mass is 35.5. The molecule has 0 spiro atoms. The fourth-order valence-corrected chi connectivity index (χ4v) is 4.98. The summed E-state index contributed by atoms with van der Waals surface area (Å²) in [7, 11) is 0. The van der Waals surface area contributed by atoms with Crippen LogP contribution < -0.4 is 10.1 Å². The van der Waals surface area contributed by atoms with Crippen LogP contribution in [0.3, 0.4) is 0 Å². The van der Waals surface area contributed by atoms with Crippen LogP contribution in [0.25, 0.3) is 11.0 Å². The molecule has 0 aliphatic rings. The van der Waals surface area contributed by atoms with Crippen LogP contribution in [0.5, 0.6) is 11.5 Å². The zero-order chi connectivity index (χ0) is 28.0. The van der Waals surface area contributed by atoms with Gasteiger partial charge in [0.25, 0.3) is 0 Å². The molecule has 0 unspecified atom stereocenters. The van der Waals surface area contributed by atoms with E-state index in [4.69, 9.17) is 21.1 Å². The summed E-state index contributed by atoms with van der Waals surface area (Å²) in [6, 6.07) is 21.7. The summed E-state index contributed by atoms with van der Waals surface area (Å²) in [5, 5.41) is 3.49. The predicted molar refractivity (Wildman–Crippen MR) is 152 cm³/mol. The minimum absolute atomic E-state index is 0.0358. The topological polar surface area (TPSA) is 61.2 Å². The minimum Gasteiger partial charge on any atom is -0.456 e. The van der Waals surface area contributed by atoms with Gasteiger partial charge in [-0.3, -0.25) is 0 Å². The van der Waals surface area contributed by atoms with E-state index in [0.717, 1.165) is 28.9 Å². The van der Waals surface area contributed by atoms with E-state index in [2.05, 4.69) is 27.4 Å². The minimum atomic E-state index is -4.47. The quantitative estimate of drug-likeness (QED) is 0.124. The maximum Gasteiger partial charge on any atom is 0.416 e. The summed E-state index contributed by atoms with van der Waals surface area (Å²) in [5.74, 6) is 1.71. The van der Waals surface area contributed by atoms with Gasteiger partial charge in [0, 0.05) is 29.1 Å². The van der Waals surface area contributed by atoms with Crippen molar-refractivity contribution in [3.05, 3.63) is 102 Å². The molecule has 0 bridgehead atoms. The molecule has 0 saturated carbocycles. The number of anilines is 2. The summed E-state index contributed by atoms with van der Waals surface area (Å²) in [6.45, 7) is 1.78. The van der Waals surface area contributed by atoms with E-state index >= 15 is 0 Å². The first-order chi connectivity index (χ1) is 19.4. The highest BCUT2D eigenvalue weighted by Gasteiger charge is 2.30. The Balaban J connectivity index is 1.22. The van der Waals surface area contributed by atoms with Crippen LogP contribution in [0, 0.1) is 0 Å². The van der Waals surface area contributed by atoms with Crippen molar-refractivity contribution in [3.8, 4) is 11.5 Å². The molecule has 2 aromatic heterocycles. The number of thioether (sulfide) groups is 1. The van der Waals surface area contributed by atoms with Crippen LogP contribution in [0.4, 0.5) is 24.7 Å². The number of rotatable bonds is 11. The van der Waals surface area contributed by atoms with Crippen molar-refractivity contribution in [2.45, 2.75) is 17.6 Å². The Morgan fingerprint density at radius 1 is 0.925 bits per heavy atom. The summed E-state index contributed by atoms with van der Waals surface area (Å²) in [4.78, 5) is 9.98. The van der Waals surface area contributed by atoms with Crippen molar-refractivity contribution < 1.29 is 22.6 Å². The van der Waals surface area contributed by atoms with Crippen molar-refractivity contribution >= 4 is 45.9 Å². The number of alkyl halides is 3. The lowest BCUT2D eigenvalue weighted by Gasteiger charge is -2.13. The number of nitrogens with zero attached hydrogens (tertiary/aromatic N) is 3. The molecule has 206 valence electrons. The average molecular weight is 585 g/mol. The van der Waals surface area contributed by atoms with Crippen LogP contribution in [-0.4, -0.2) is 33.5 Å². The smallest absolute Gasteiger partial charge is 0.416 e. The largest absolute Gasteiger partial charge is 0.456 e. The second-order valence-electron chi connectivity index (χ2n) is 8.64.